The lowest BCUT2D eigenvalue weighted by molar-refractivity contribution is -0.0762. The summed E-state index contributed by atoms with van der Waals surface area (Å²) in [6.07, 6.45) is -1.65. The molecule has 0 aliphatic rings. The SMILES string of the molecule is CCCCCC(OP(=O)(O)O)C(O)C(O)CO. The quantitative estimate of drug-likeness (QED) is 0.289. The second-order valence-corrected chi connectivity index (χ2v) is 5.06. The average molecular weight is 272 g/mol. The van der Waals surface area contributed by atoms with Crippen LogP contribution in [0.1, 0.15) is 32.6 Å². The molecule has 8 heteroatoms. The van der Waals surface area contributed by atoms with E-state index in [1.54, 1.807) is 0 Å². The molecule has 0 aromatic rings. The highest BCUT2D eigenvalue weighted by Crippen LogP contribution is 2.39. The van der Waals surface area contributed by atoms with Crippen molar-refractivity contribution in [1.29, 1.82) is 0 Å². The lowest BCUT2D eigenvalue weighted by Crippen LogP contribution is -2.40. The summed E-state index contributed by atoms with van der Waals surface area (Å²) in [5.41, 5.74) is 0. The zero-order valence-corrected chi connectivity index (χ0v) is 10.7. The maximum Gasteiger partial charge on any atom is 0.469 e. The third kappa shape index (κ3) is 7.83. The van der Waals surface area contributed by atoms with Crippen LogP contribution in [0.3, 0.4) is 0 Å². The van der Waals surface area contributed by atoms with Gasteiger partial charge >= 0.3 is 7.82 Å². The first kappa shape index (κ1) is 17.0. The summed E-state index contributed by atoms with van der Waals surface area (Å²) in [7, 11) is -4.73. The van der Waals surface area contributed by atoms with E-state index in [0.717, 1.165) is 12.8 Å². The van der Waals surface area contributed by atoms with Crippen LogP contribution in [-0.4, -0.2) is 50.0 Å². The van der Waals surface area contributed by atoms with Crippen LogP contribution >= 0.6 is 7.82 Å². The Balaban J connectivity index is 4.43. The van der Waals surface area contributed by atoms with Gasteiger partial charge in [0.25, 0.3) is 0 Å². The second kappa shape index (κ2) is 8.16. The van der Waals surface area contributed by atoms with Crippen molar-refractivity contribution < 1.29 is 34.2 Å². The molecule has 0 saturated carbocycles. The van der Waals surface area contributed by atoms with Crippen molar-refractivity contribution in [3.05, 3.63) is 0 Å². The van der Waals surface area contributed by atoms with Crippen molar-refractivity contribution in [2.24, 2.45) is 0 Å². The Morgan fingerprint density at radius 1 is 1.24 bits per heavy atom. The minimum atomic E-state index is -4.73. The molecule has 17 heavy (non-hydrogen) atoms. The van der Waals surface area contributed by atoms with E-state index < -0.39 is 32.7 Å². The van der Waals surface area contributed by atoms with Crippen molar-refractivity contribution in [2.75, 3.05) is 6.61 Å². The molecule has 0 rings (SSSR count). The van der Waals surface area contributed by atoms with E-state index in [4.69, 9.17) is 14.9 Å². The summed E-state index contributed by atoms with van der Waals surface area (Å²) in [4.78, 5) is 17.4. The summed E-state index contributed by atoms with van der Waals surface area (Å²) < 4.78 is 15.1. The minimum absolute atomic E-state index is 0.206. The van der Waals surface area contributed by atoms with Gasteiger partial charge in [0.1, 0.15) is 12.2 Å². The molecule has 0 bridgehead atoms. The van der Waals surface area contributed by atoms with E-state index in [1.807, 2.05) is 6.92 Å². The van der Waals surface area contributed by atoms with E-state index in [-0.39, 0.29) is 6.42 Å². The largest absolute Gasteiger partial charge is 0.469 e. The van der Waals surface area contributed by atoms with Crippen LogP contribution in [0.4, 0.5) is 0 Å². The Morgan fingerprint density at radius 2 is 1.82 bits per heavy atom. The second-order valence-electron chi connectivity index (χ2n) is 3.87. The predicted molar refractivity (Wildman–Crippen MR) is 60.2 cm³/mol. The molecule has 3 unspecified atom stereocenters. The van der Waals surface area contributed by atoms with Crippen LogP contribution in [0.5, 0.6) is 0 Å². The molecule has 7 nitrogen and oxygen atoms in total. The summed E-state index contributed by atoms with van der Waals surface area (Å²) in [6, 6.07) is 0. The molecule has 5 N–H and O–H groups in total. The minimum Gasteiger partial charge on any atom is -0.394 e. The predicted octanol–water partition coefficient (Wildman–Crippen LogP) is -0.241. The lowest BCUT2D eigenvalue weighted by atomic mass is 10.0. The van der Waals surface area contributed by atoms with Gasteiger partial charge in [0, 0.05) is 0 Å². The van der Waals surface area contributed by atoms with E-state index in [2.05, 4.69) is 4.52 Å². The van der Waals surface area contributed by atoms with Gasteiger partial charge in [-0.1, -0.05) is 26.2 Å². The van der Waals surface area contributed by atoms with Gasteiger partial charge in [0.2, 0.25) is 0 Å². The van der Waals surface area contributed by atoms with E-state index >= 15 is 0 Å². The zero-order valence-electron chi connectivity index (χ0n) is 9.77. The van der Waals surface area contributed by atoms with Crippen molar-refractivity contribution in [2.45, 2.75) is 50.9 Å². The van der Waals surface area contributed by atoms with Gasteiger partial charge in [0.05, 0.1) is 12.7 Å². The van der Waals surface area contributed by atoms with Crippen molar-refractivity contribution >= 4 is 7.82 Å². The van der Waals surface area contributed by atoms with Gasteiger partial charge in [-0.25, -0.2) is 4.57 Å². The molecule has 0 heterocycles. The molecule has 0 amide bonds. The molecule has 104 valence electrons. The number of aliphatic hydroxyl groups excluding tert-OH is 3. The third-order valence-corrected chi connectivity index (χ3v) is 2.87. The van der Waals surface area contributed by atoms with Gasteiger partial charge in [0.15, 0.2) is 0 Å². The van der Waals surface area contributed by atoms with Crippen LogP contribution in [0.15, 0.2) is 0 Å². The Labute approximate surface area is 100 Å². The highest BCUT2D eigenvalue weighted by molar-refractivity contribution is 7.46. The van der Waals surface area contributed by atoms with Gasteiger partial charge in [-0.05, 0) is 6.42 Å². The van der Waals surface area contributed by atoms with E-state index in [9.17, 15) is 14.8 Å². The Bertz CT molecular complexity index is 241. The maximum atomic E-state index is 10.7. The summed E-state index contributed by atoms with van der Waals surface area (Å²) in [5.74, 6) is 0. The van der Waals surface area contributed by atoms with Crippen molar-refractivity contribution in [1.82, 2.24) is 0 Å². The molecule has 0 aliphatic carbocycles. The molecular weight excluding hydrogens is 251 g/mol. The van der Waals surface area contributed by atoms with Crippen LogP contribution in [-0.2, 0) is 9.09 Å². The summed E-state index contributed by atoms with van der Waals surface area (Å²) in [5, 5.41) is 27.4. The number of rotatable bonds is 9. The van der Waals surface area contributed by atoms with E-state index in [0.29, 0.717) is 6.42 Å². The third-order valence-electron chi connectivity index (χ3n) is 2.33. The zero-order chi connectivity index (χ0) is 13.5. The van der Waals surface area contributed by atoms with Crippen LogP contribution in [0, 0.1) is 0 Å². The first-order valence-corrected chi connectivity index (χ1v) is 7.05. The molecule has 0 radical (unpaired) electrons. The average Bonchev–Trinajstić information content (AvgIpc) is 2.24. The number of phosphoric ester groups is 1. The van der Waals surface area contributed by atoms with Gasteiger partial charge < -0.3 is 25.1 Å². The number of unbranched alkanes of at least 4 members (excludes halogenated alkanes) is 2. The Morgan fingerprint density at radius 3 is 2.24 bits per heavy atom. The van der Waals surface area contributed by atoms with Gasteiger partial charge in [-0.15, -0.1) is 0 Å². The molecular formula is C9H21O7P. The number of hydrogen-bond donors (Lipinski definition) is 5. The fourth-order valence-corrected chi connectivity index (χ4v) is 2.00. The Hall–Kier alpha value is -0.0100. The van der Waals surface area contributed by atoms with Crippen molar-refractivity contribution in [3.8, 4) is 0 Å². The fourth-order valence-electron chi connectivity index (χ4n) is 1.41. The monoisotopic (exact) mass is 272 g/mol. The summed E-state index contributed by atoms with van der Waals surface area (Å²) >= 11 is 0. The molecule has 0 aromatic carbocycles. The molecule has 0 saturated heterocycles. The maximum absolute atomic E-state index is 10.7. The molecule has 0 fully saturated rings. The molecule has 0 aliphatic heterocycles. The van der Waals surface area contributed by atoms with E-state index in [1.165, 1.54) is 0 Å². The number of hydrogen-bond acceptors (Lipinski definition) is 5. The standard InChI is InChI=1S/C9H21O7P/c1-2-3-4-5-8(16-17(13,14)15)9(12)7(11)6-10/h7-12H,2-6H2,1H3,(H2,13,14,15). The van der Waals surface area contributed by atoms with Crippen molar-refractivity contribution in [3.63, 3.8) is 0 Å². The Kier molecular flexibility index (Phi) is 8.15. The van der Waals surface area contributed by atoms with Crippen LogP contribution < -0.4 is 0 Å². The van der Waals surface area contributed by atoms with Gasteiger partial charge in [-0.2, -0.15) is 0 Å². The van der Waals surface area contributed by atoms with Crippen LogP contribution in [0.25, 0.3) is 0 Å². The topological polar surface area (TPSA) is 127 Å². The van der Waals surface area contributed by atoms with Gasteiger partial charge in [-0.3, -0.25) is 4.52 Å². The highest BCUT2D eigenvalue weighted by Gasteiger charge is 2.31. The first-order valence-electron chi connectivity index (χ1n) is 5.52. The summed E-state index contributed by atoms with van der Waals surface area (Å²) in [6.45, 7) is 1.26. The first-order chi connectivity index (χ1) is 7.81. The van der Waals surface area contributed by atoms with Crippen LogP contribution in [0.2, 0.25) is 0 Å². The molecule has 0 aromatic heterocycles. The molecule has 0 spiro atoms. The molecule has 3 atom stereocenters. The lowest BCUT2D eigenvalue weighted by Gasteiger charge is -2.26. The highest BCUT2D eigenvalue weighted by atomic mass is 31.2. The number of aliphatic hydroxyl groups is 3. The normalized spacial score (nSPS) is 17.8. The smallest absolute Gasteiger partial charge is 0.394 e. The number of phosphoric acid groups is 1. The fraction of sp³-hybridized carbons (Fsp3) is 1.00.